The second-order valence-corrected chi connectivity index (χ2v) is 6.56. The van der Waals surface area contributed by atoms with Gasteiger partial charge in [0.2, 0.25) is 0 Å². The highest BCUT2D eigenvalue weighted by Crippen LogP contribution is 2.43. The summed E-state index contributed by atoms with van der Waals surface area (Å²) in [6.45, 7) is 2.53. The minimum Gasteiger partial charge on any atom is -0.368 e. The quantitative estimate of drug-likeness (QED) is 0.746. The Labute approximate surface area is 144 Å². The minimum atomic E-state index is -0.259. The summed E-state index contributed by atoms with van der Waals surface area (Å²) in [5.74, 6) is 0.429. The zero-order valence-electron chi connectivity index (χ0n) is 14.0. The molecule has 0 aromatic carbocycles. The van der Waals surface area contributed by atoms with Crippen molar-refractivity contribution in [2.75, 3.05) is 11.9 Å². The van der Waals surface area contributed by atoms with E-state index in [0.717, 1.165) is 30.7 Å². The lowest BCUT2D eigenvalue weighted by molar-refractivity contribution is 0.243. The van der Waals surface area contributed by atoms with Crippen molar-refractivity contribution >= 4 is 5.82 Å². The highest BCUT2D eigenvalue weighted by molar-refractivity contribution is 5.55. The van der Waals surface area contributed by atoms with Crippen molar-refractivity contribution in [1.29, 1.82) is 0 Å². The Morgan fingerprint density at radius 2 is 2.08 bits per heavy atom. The molecule has 1 aliphatic carbocycles. The molecular weight excluding hydrogens is 319 g/mol. The van der Waals surface area contributed by atoms with Gasteiger partial charge in [0.15, 0.2) is 0 Å². The number of hydrogen-bond donors (Lipinski definition) is 2. The van der Waals surface area contributed by atoms with Gasteiger partial charge in [-0.05, 0) is 50.1 Å². The second kappa shape index (κ2) is 6.23. The predicted octanol–water partition coefficient (Wildman–Crippen LogP) is 3.24. The highest BCUT2D eigenvalue weighted by Gasteiger charge is 2.41. The van der Waals surface area contributed by atoms with E-state index in [1.165, 1.54) is 6.07 Å². The van der Waals surface area contributed by atoms with Crippen LogP contribution in [-0.4, -0.2) is 31.9 Å². The molecule has 1 aliphatic rings. The van der Waals surface area contributed by atoms with Gasteiger partial charge in [0.25, 0.3) is 0 Å². The molecular formula is C18H19FN6. The van der Waals surface area contributed by atoms with Gasteiger partial charge in [0, 0.05) is 23.9 Å². The molecule has 0 radical (unpaired) electrons. The van der Waals surface area contributed by atoms with Crippen molar-refractivity contribution < 1.29 is 4.39 Å². The van der Waals surface area contributed by atoms with E-state index in [1.54, 1.807) is 12.3 Å². The van der Waals surface area contributed by atoms with Crippen molar-refractivity contribution in [3.8, 4) is 11.4 Å². The smallest absolute Gasteiger partial charge is 0.148 e. The Morgan fingerprint density at radius 1 is 1.20 bits per heavy atom. The topological polar surface area (TPSA) is 79.4 Å². The van der Waals surface area contributed by atoms with Gasteiger partial charge < -0.3 is 5.32 Å². The maximum Gasteiger partial charge on any atom is 0.148 e. The molecule has 128 valence electrons. The van der Waals surface area contributed by atoms with Gasteiger partial charge in [-0.3, -0.25) is 10.1 Å². The molecule has 0 unspecified atom stereocenters. The van der Waals surface area contributed by atoms with E-state index in [4.69, 9.17) is 0 Å². The number of nitrogens with zero attached hydrogens (tertiary/aromatic N) is 4. The molecule has 0 atom stereocenters. The number of rotatable bonds is 5. The predicted molar refractivity (Wildman–Crippen MR) is 92.6 cm³/mol. The van der Waals surface area contributed by atoms with Crippen molar-refractivity contribution in [2.24, 2.45) is 0 Å². The fourth-order valence-electron chi connectivity index (χ4n) is 3.25. The fraction of sp³-hybridized carbons (Fsp3) is 0.333. The Morgan fingerprint density at radius 3 is 2.68 bits per heavy atom. The number of aryl methyl sites for hydroxylation is 1. The summed E-state index contributed by atoms with van der Waals surface area (Å²) < 4.78 is 14.1. The van der Waals surface area contributed by atoms with Gasteiger partial charge in [-0.1, -0.05) is 6.42 Å². The standard InChI is InChI=1S/C18H19FN6/c1-12-10-15(24-22-12)14-5-6-16(25-23-14)21-11-18(7-3-8-18)17-13(19)4-2-9-20-17/h2,4-6,9-10H,3,7-8,11H2,1H3,(H,21,25)(H,22,24). The minimum absolute atomic E-state index is 0.237. The first-order valence-electron chi connectivity index (χ1n) is 8.37. The van der Waals surface area contributed by atoms with Crippen LogP contribution in [0.1, 0.15) is 30.7 Å². The Kier molecular flexibility index (Phi) is 3.91. The zero-order valence-corrected chi connectivity index (χ0v) is 14.0. The molecule has 25 heavy (non-hydrogen) atoms. The Balaban J connectivity index is 1.48. The number of H-pyrrole nitrogens is 1. The maximum absolute atomic E-state index is 14.1. The van der Waals surface area contributed by atoms with Gasteiger partial charge in [-0.15, -0.1) is 10.2 Å². The summed E-state index contributed by atoms with van der Waals surface area (Å²) in [6.07, 6.45) is 4.58. The van der Waals surface area contributed by atoms with Gasteiger partial charge in [-0.2, -0.15) is 5.10 Å². The summed E-state index contributed by atoms with van der Waals surface area (Å²) in [4.78, 5) is 4.28. The SMILES string of the molecule is Cc1cc(-c2ccc(NCC3(c4ncccc4F)CCC3)nn2)n[nH]1. The van der Waals surface area contributed by atoms with E-state index < -0.39 is 0 Å². The molecule has 1 fully saturated rings. The van der Waals surface area contributed by atoms with E-state index in [2.05, 4.69) is 30.7 Å². The lowest BCUT2D eigenvalue weighted by Gasteiger charge is -2.41. The molecule has 3 aromatic rings. The molecule has 0 bridgehead atoms. The van der Waals surface area contributed by atoms with Crippen LogP contribution in [0.15, 0.2) is 36.5 Å². The average molecular weight is 338 g/mol. The summed E-state index contributed by atoms with van der Waals surface area (Å²) >= 11 is 0. The number of aromatic amines is 1. The molecule has 0 saturated heterocycles. The summed E-state index contributed by atoms with van der Waals surface area (Å²) in [7, 11) is 0. The van der Waals surface area contributed by atoms with Crippen LogP contribution in [0, 0.1) is 12.7 Å². The summed E-state index contributed by atoms with van der Waals surface area (Å²) in [5, 5.41) is 18.8. The number of halogens is 1. The van der Waals surface area contributed by atoms with Crippen LogP contribution in [0.2, 0.25) is 0 Å². The molecule has 4 rings (SSSR count). The second-order valence-electron chi connectivity index (χ2n) is 6.56. The third kappa shape index (κ3) is 2.97. The molecule has 1 saturated carbocycles. The van der Waals surface area contributed by atoms with Crippen LogP contribution in [0.5, 0.6) is 0 Å². The van der Waals surface area contributed by atoms with Crippen molar-refractivity contribution in [2.45, 2.75) is 31.6 Å². The number of anilines is 1. The molecule has 2 N–H and O–H groups in total. The van der Waals surface area contributed by atoms with Gasteiger partial charge in [0.05, 0.1) is 5.69 Å². The number of aromatic nitrogens is 5. The Hall–Kier alpha value is -2.83. The van der Waals surface area contributed by atoms with E-state index in [9.17, 15) is 4.39 Å². The fourth-order valence-corrected chi connectivity index (χ4v) is 3.25. The molecule has 3 aromatic heterocycles. The van der Waals surface area contributed by atoms with Gasteiger partial charge >= 0.3 is 0 Å². The molecule has 3 heterocycles. The Bertz CT molecular complexity index is 869. The summed E-state index contributed by atoms with van der Waals surface area (Å²) in [5.41, 5.74) is 2.74. The van der Waals surface area contributed by atoms with Crippen LogP contribution in [0.4, 0.5) is 10.2 Å². The highest BCUT2D eigenvalue weighted by atomic mass is 19.1. The van der Waals surface area contributed by atoms with E-state index in [1.807, 2.05) is 25.1 Å². The van der Waals surface area contributed by atoms with Crippen LogP contribution < -0.4 is 5.32 Å². The van der Waals surface area contributed by atoms with Gasteiger partial charge in [0.1, 0.15) is 23.0 Å². The zero-order chi connectivity index (χ0) is 17.3. The average Bonchev–Trinajstić information content (AvgIpc) is 3.02. The van der Waals surface area contributed by atoms with Crippen molar-refractivity contribution in [3.63, 3.8) is 0 Å². The van der Waals surface area contributed by atoms with Crippen molar-refractivity contribution in [3.05, 3.63) is 53.7 Å². The molecule has 0 aliphatic heterocycles. The van der Waals surface area contributed by atoms with Crippen molar-refractivity contribution in [1.82, 2.24) is 25.4 Å². The van der Waals surface area contributed by atoms with Crippen LogP contribution in [-0.2, 0) is 5.41 Å². The lowest BCUT2D eigenvalue weighted by Crippen LogP contribution is -2.42. The lowest BCUT2D eigenvalue weighted by atomic mass is 9.66. The molecule has 6 nitrogen and oxygen atoms in total. The third-order valence-corrected chi connectivity index (χ3v) is 4.81. The first-order chi connectivity index (χ1) is 12.2. The van der Waals surface area contributed by atoms with E-state index >= 15 is 0 Å². The van der Waals surface area contributed by atoms with E-state index in [-0.39, 0.29) is 11.2 Å². The maximum atomic E-state index is 14.1. The largest absolute Gasteiger partial charge is 0.368 e. The number of pyridine rings is 1. The first kappa shape index (κ1) is 15.7. The normalized spacial score (nSPS) is 15.6. The number of hydrogen-bond acceptors (Lipinski definition) is 5. The summed E-state index contributed by atoms with van der Waals surface area (Å²) in [6, 6.07) is 8.76. The first-order valence-corrected chi connectivity index (χ1v) is 8.37. The third-order valence-electron chi connectivity index (χ3n) is 4.81. The molecule has 7 heteroatoms. The van der Waals surface area contributed by atoms with Crippen LogP contribution in [0.25, 0.3) is 11.4 Å². The monoisotopic (exact) mass is 338 g/mol. The van der Waals surface area contributed by atoms with Crippen LogP contribution in [0.3, 0.4) is 0 Å². The van der Waals surface area contributed by atoms with E-state index in [0.29, 0.717) is 23.8 Å². The van der Waals surface area contributed by atoms with Crippen LogP contribution >= 0.6 is 0 Å². The number of nitrogens with one attached hydrogen (secondary N) is 2. The molecule has 0 amide bonds. The molecule has 0 spiro atoms. The van der Waals surface area contributed by atoms with Gasteiger partial charge in [-0.25, -0.2) is 4.39 Å².